The van der Waals surface area contributed by atoms with Gasteiger partial charge in [-0.1, -0.05) is 6.92 Å². The molecule has 0 saturated carbocycles. The first-order chi connectivity index (χ1) is 6.52. The molecule has 0 aliphatic rings. The lowest BCUT2D eigenvalue weighted by atomic mass is 10.1. The van der Waals surface area contributed by atoms with Gasteiger partial charge in [-0.25, -0.2) is 0 Å². The van der Waals surface area contributed by atoms with Crippen molar-refractivity contribution >= 4 is 17.3 Å². The fourth-order valence-electron chi connectivity index (χ4n) is 1.04. The van der Waals surface area contributed by atoms with Crippen molar-refractivity contribution in [2.24, 2.45) is 0 Å². The van der Waals surface area contributed by atoms with Crippen LogP contribution in [0.5, 0.6) is 0 Å². The molecule has 84 valence electrons. The summed E-state index contributed by atoms with van der Waals surface area (Å²) in [6.07, 6.45) is 1.08. The number of nitrogens with one attached hydrogen (secondary N) is 2. The number of thiocarbonyl (C=S) groups is 1. The van der Waals surface area contributed by atoms with Crippen LogP contribution in [0.15, 0.2) is 0 Å². The van der Waals surface area contributed by atoms with Gasteiger partial charge in [-0.05, 0) is 39.4 Å². The maximum absolute atomic E-state index is 5.53. The summed E-state index contributed by atoms with van der Waals surface area (Å²) in [5, 5.41) is 6.96. The molecule has 3 nitrogen and oxygen atoms in total. The van der Waals surface area contributed by atoms with Gasteiger partial charge in [0.2, 0.25) is 0 Å². The molecule has 0 saturated heterocycles. The molecule has 0 spiro atoms. The van der Waals surface area contributed by atoms with Crippen molar-refractivity contribution in [3.8, 4) is 0 Å². The zero-order valence-electron chi connectivity index (χ0n) is 9.64. The average molecular weight is 218 g/mol. The van der Waals surface area contributed by atoms with Gasteiger partial charge in [-0.2, -0.15) is 0 Å². The fraction of sp³-hybridized carbons (Fsp3) is 0.900. The van der Waals surface area contributed by atoms with Gasteiger partial charge in [0.1, 0.15) is 0 Å². The molecule has 0 aromatic heterocycles. The van der Waals surface area contributed by atoms with Gasteiger partial charge < -0.3 is 15.4 Å². The summed E-state index contributed by atoms with van der Waals surface area (Å²) in [7, 11) is 0. The van der Waals surface area contributed by atoms with Crippen molar-refractivity contribution in [3.63, 3.8) is 0 Å². The molecule has 2 N–H and O–H groups in total. The van der Waals surface area contributed by atoms with E-state index in [0.717, 1.165) is 26.1 Å². The van der Waals surface area contributed by atoms with Crippen molar-refractivity contribution in [3.05, 3.63) is 0 Å². The molecular formula is C10H22N2OS. The van der Waals surface area contributed by atoms with Crippen molar-refractivity contribution < 1.29 is 4.74 Å². The summed E-state index contributed by atoms with van der Waals surface area (Å²) in [5.41, 5.74) is -0.160. The molecule has 0 amide bonds. The largest absolute Gasteiger partial charge is 0.374 e. The minimum absolute atomic E-state index is 0.160. The third-order valence-electron chi connectivity index (χ3n) is 1.75. The van der Waals surface area contributed by atoms with Crippen molar-refractivity contribution in [2.75, 3.05) is 19.7 Å². The Morgan fingerprint density at radius 2 is 1.93 bits per heavy atom. The number of hydrogen-bond acceptors (Lipinski definition) is 2. The van der Waals surface area contributed by atoms with Crippen LogP contribution in [0.4, 0.5) is 0 Å². The number of rotatable bonds is 6. The van der Waals surface area contributed by atoms with Gasteiger partial charge in [0.05, 0.1) is 5.60 Å². The first-order valence-electron chi connectivity index (χ1n) is 5.17. The Morgan fingerprint density at radius 1 is 1.29 bits per heavy atom. The van der Waals surface area contributed by atoms with Crippen molar-refractivity contribution in [1.29, 1.82) is 0 Å². The SMILES string of the molecule is CCCNC(=S)NCC(C)(C)OCC. The highest BCUT2D eigenvalue weighted by molar-refractivity contribution is 7.80. The van der Waals surface area contributed by atoms with Crippen LogP contribution in [0, 0.1) is 0 Å². The maximum atomic E-state index is 5.53. The van der Waals surface area contributed by atoms with E-state index in [9.17, 15) is 0 Å². The summed E-state index contributed by atoms with van der Waals surface area (Å²) in [6, 6.07) is 0. The Hall–Kier alpha value is -0.350. The minimum Gasteiger partial charge on any atom is -0.374 e. The number of ether oxygens (including phenoxy) is 1. The van der Waals surface area contributed by atoms with Gasteiger partial charge in [0, 0.05) is 19.7 Å². The lowest BCUT2D eigenvalue weighted by molar-refractivity contribution is -0.00572. The molecule has 0 rings (SSSR count). The Labute approximate surface area is 92.6 Å². The summed E-state index contributed by atoms with van der Waals surface area (Å²) in [6.45, 7) is 10.6. The van der Waals surface area contributed by atoms with E-state index >= 15 is 0 Å². The molecule has 0 unspecified atom stereocenters. The lowest BCUT2D eigenvalue weighted by Crippen LogP contribution is -2.44. The van der Waals surface area contributed by atoms with Crippen LogP contribution in [-0.2, 0) is 4.74 Å². The molecule has 0 aliphatic carbocycles. The normalized spacial score (nSPS) is 11.1. The Kier molecular flexibility index (Phi) is 6.83. The van der Waals surface area contributed by atoms with E-state index in [1.807, 2.05) is 20.8 Å². The quantitative estimate of drug-likeness (QED) is 0.665. The van der Waals surface area contributed by atoms with E-state index in [-0.39, 0.29) is 5.60 Å². The smallest absolute Gasteiger partial charge is 0.166 e. The summed E-state index contributed by atoms with van der Waals surface area (Å²) in [5.74, 6) is 0. The predicted molar refractivity (Wildman–Crippen MR) is 64.6 cm³/mol. The van der Waals surface area contributed by atoms with Crippen molar-refractivity contribution in [2.45, 2.75) is 39.7 Å². The molecule has 14 heavy (non-hydrogen) atoms. The second-order valence-corrected chi connectivity index (χ2v) is 4.21. The van der Waals surface area contributed by atoms with E-state index in [1.54, 1.807) is 0 Å². The van der Waals surface area contributed by atoms with Gasteiger partial charge >= 0.3 is 0 Å². The van der Waals surface area contributed by atoms with Gasteiger partial charge in [-0.3, -0.25) is 0 Å². The van der Waals surface area contributed by atoms with Gasteiger partial charge in [-0.15, -0.1) is 0 Å². The minimum atomic E-state index is -0.160. The van der Waals surface area contributed by atoms with Crippen LogP contribution >= 0.6 is 12.2 Å². The van der Waals surface area contributed by atoms with Crippen LogP contribution in [0.3, 0.4) is 0 Å². The molecule has 0 aromatic carbocycles. The van der Waals surface area contributed by atoms with Crippen LogP contribution in [0.2, 0.25) is 0 Å². The van der Waals surface area contributed by atoms with Crippen molar-refractivity contribution in [1.82, 2.24) is 10.6 Å². The van der Waals surface area contributed by atoms with Crippen LogP contribution < -0.4 is 10.6 Å². The third kappa shape index (κ3) is 7.09. The zero-order chi connectivity index (χ0) is 11.0. The van der Waals surface area contributed by atoms with E-state index in [2.05, 4.69) is 17.6 Å². The second-order valence-electron chi connectivity index (χ2n) is 3.80. The van der Waals surface area contributed by atoms with Gasteiger partial charge in [0.25, 0.3) is 0 Å². The average Bonchev–Trinajstić information content (AvgIpc) is 2.11. The first-order valence-corrected chi connectivity index (χ1v) is 5.58. The van der Waals surface area contributed by atoms with Crippen LogP contribution in [0.25, 0.3) is 0 Å². The standard InChI is InChI=1S/C10H22N2OS/c1-5-7-11-9(14)12-8-10(3,4)13-6-2/h5-8H2,1-4H3,(H2,11,12,14). The highest BCUT2D eigenvalue weighted by Crippen LogP contribution is 2.06. The third-order valence-corrected chi connectivity index (χ3v) is 2.03. The Balaban J connectivity index is 3.64. The zero-order valence-corrected chi connectivity index (χ0v) is 10.5. The highest BCUT2D eigenvalue weighted by atomic mass is 32.1. The molecule has 0 heterocycles. The first kappa shape index (κ1) is 13.7. The molecule has 0 radical (unpaired) electrons. The maximum Gasteiger partial charge on any atom is 0.166 e. The van der Waals surface area contributed by atoms with E-state index in [4.69, 9.17) is 17.0 Å². The highest BCUT2D eigenvalue weighted by Gasteiger charge is 2.17. The molecule has 4 heteroatoms. The summed E-state index contributed by atoms with van der Waals surface area (Å²) < 4.78 is 5.53. The Morgan fingerprint density at radius 3 is 2.43 bits per heavy atom. The fourth-order valence-corrected chi connectivity index (χ4v) is 1.21. The molecule has 0 bridgehead atoms. The summed E-state index contributed by atoms with van der Waals surface area (Å²) >= 11 is 5.09. The second kappa shape index (κ2) is 7.01. The Bertz CT molecular complexity index is 172. The van der Waals surface area contributed by atoms with E-state index in [1.165, 1.54) is 0 Å². The molecule has 0 aromatic rings. The van der Waals surface area contributed by atoms with Gasteiger partial charge in [0.15, 0.2) is 5.11 Å². The van der Waals surface area contributed by atoms with Crippen LogP contribution in [0.1, 0.15) is 34.1 Å². The summed E-state index contributed by atoms with van der Waals surface area (Å²) in [4.78, 5) is 0. The van der Waals surface area contributed by atoms with Crippen LogP contribution in [-0.4, -0.2) is 30.4 Å². The number of hydrogen-bond donors (Lipinski definition) is 2. The molecule has 0 atom stereocenters. The lowest BCUT2D eigenvalue weighted by Gasteiger charge is -2.25. The molecule has 0 aliphatic heterocycles. The predicted octanol–water partition coefficient (Wildman–Crippen LogP) is 1.68. The van der Waals surface area contributed by atoms with E-state index < -0.39 is 0 Å². The topological polar surface area (TPSA) is 33.3 Å². The molecule has 0 fully saturated rings. The molecular weight excluding hydrogens is 196 g/mol. The monoisotopic (exact) mass is 218 g/mol. The van der Waals surface area contributed by atoms with E-state index in [0.29, 0.717) is 5.11 Å².